The van der Waals surface area contributed by atoms with E-state index in [9.17, 15) is 4.39 Å². The molecule has 0 aliphatic carbocycles. The quantitative estimate of drug-likeness (QED) is 0.752. The third-order valence-corrected chi connectivity index (χ3v) is 3.63. The van der Waals surface area contributed by atoms with Crippen molar-refractivity contribution in [2.45, 2.75) is 0 Å². The van der Waals surface area contributed by atoms with Crippen LogP contribution in [0, 0.1) is 5.82 Å². The van der Waals surface area contributed by atoms with Crippen LogP contribution in [0.1, 0.15) is 0 Å². The van der Waals surface area contributed by atoms with Crippen LogP contribution in [0.3, 0.4) is 0 Å². The molecule has 2 N–H and O–H groups in total. The average Bonchev–Trinajstić information content (AvgIpc) is 2.81. The topological polar surface area (TPSA) is 52.0 Å². The molecule has 5 heteroatoms. The summed E-state index contributed by atoms with van der Waals surface area (Å²) < 4.78 is 19.9. The Hall–Kier alpha value is -2.14. The summed E-state index contributed by atoms with van der Waals surface area (Å²) in [5.74, 6) is 0.160. The second-order valence-electron chi connectivity index (χ2n) is 4.23. The summed E-state index contributed by atoms with van der Waals surface area (Å²) in [5, 5.41) is 3.77. The number of rotatable bonds is 2. The van der Waals surface area contributed by atoms with Gasteiger partial charge in [-0.2, -0.15) is 0 Å². The van der Waals surface area contributed by atoms with Crippen molar-refractivity contribution in [2.75, 3.05) is 5.73 Å². The molecule has 0 radical (unpaired) electrons. The fourth-order valence-electron chi connectivity index (χ4n) is 2.07. The van der Waals surface area contributed by atoms with Crippen molar-refractivity contribution in [3.63, 3.8) is 0 Å². The van der Waals surface area contributed by atoms with E-state index in [1.807, 2.05) is 30.3 Å². The van der Waals surface area contributed by atoms with Gasteiger partial charge in [-0.05, 0) is 33.6 Å². The first-order chi connectivity index (χ1) is 9.68. The first-order valence-electron chi connectivity index (χ1n) is 5.93. The second-order valence-corrected chi connectivity index (χ2v) is 5.09. The maximum absolute atomic E-state index is 14.1. The highest BCUT2D eigenvalue weighted by Crippen LogP contribution is 2.40. The zero-order valence-corrected chi connectivity index (χ0v) is 11.9. The molecule has 1 heterocycles. The zero-order chi connectivity index (χ0) is 14.1. The highest BCUT2D eigenvalue weighted by Gasteiger charge is 2.22. The van der Waals surface area contributed by atoms with E-state index < -0.39 is 5.82 Å². The molecule has 100 valence electrons. The van der Waals surface area contributed by atoms with Crippen molar-refractivity contribution in [1.29, 1.82) is 0 Å². The third kappa shape index (κ3) is 2.10. The predicted molar refractivity (Wildman–Crippen MR) is 79.4 cm³/mol. The van der Waals surface area contributed by atoms with Crippen molar-refractivity contribution in [1.82, 2.24) is 5.16 Å². The lowest BCUT2D eigenvalue weighted by Gasteiger charge is -2.05. The average molecular weight is 333 g/mol. The Kier molecular flexibility index (Phi) is 3.28. The smallest absolute Gasteiger partial charge is 0.181 e. The molecule has 0 bridgehead atoms. The maximum Gasteiger partial charge on any atom is 0.181 e. The number of nitrogen functional groups attached to an aromatic ring is 1. The Morgan fingerprint density at radius 2 is 1.75 bits per heavy atom. The van der Waals surface area contributed by atoms with Crippen LogP contribution in [0.2, 0.25) is 0 Å². The number of benzene rings is 2. The van der Waals surface area contributed by atoms with Gasteiger partial charge in [0.1, 0.15) is 5.82 Å². The second kappa shape index (κ2) is 5.09. The van der Waals surface area contributed by atoms with Gasteiger partial charge in [0.05, 0.1) is 11.1 Å². The molecule has 0 unspecified atom stereocenters. The molecule has 3 aromatic rings. The van der Waals surface area contributed by atoms with E-state index in [1.54, 1.807) is 12.1 Å². The van der Waals surface area contributed by atoms with E-state index in [1.165, 1.54) is 6.07 Å². The van der Waals surface area contributed by atoms with Crippen molar-refractivity contribution >= 4 is 21.7 Å². The summed E-state index contributed by atoms with van der Waals surface area (Å²) in [4.78, 5) is 0. The molecular formula is C15H10BrFN2O. The number of halogens is 2. The molecule has 2 aromatic carbocycles. The molecule has 0 saturated carbocycles. The van der Waals surface area contributed by atoms with Crippen LogP contribution in [-0.4, -0.2) is 5.16 Å². The molecule has 1 aromatic heterocycles. The van der Waals surface area contributed by atoms with E-state index >= 15 is 0 Å². The summed E-state index contributed by atoms with van der Waals surface area (Å²) in [6.45, 7) is 0. The molecular weight excluding hydrogens is 323 g/mol. The van der Waals surface area contributed by atoms with E-state index in [0.29, 0.717) is 21.4 Å². The van der Waals surface area contributed by atoms with Gasteiger partial charge in [-0.3, -0.25) is 0 Å². The number of nitrogens with two attached hydrogens (primary N) is 1. The van der Waals surface area contributed by atoms with Crippen molar-refractivity contribution in [2.24, 2.45) is 0 Å². The lowest BCUT2D eigenvalue weighted by atomic mass is 10.0. The first-order valence-corrected chi connectivity index (χ1v) is 6.72. The fourth-order valence-corrected chi connectivity index (χ4v) is 2.59. The van der Waals surface area contributed by atoms with Crippen LogP contribution in [-0.2, 0) is 0 Å². The Balaban J connectivity index is 2.27. The lowest BCUT2D eigenvalue weighted by molar-refractivity contribution is 0.433. The lowest BCUT2D eigenvalue weighted by Crippen LogP contribution is -1.90. The molecule has 3 nitrogen and oxygen atoms in total. The first kappa shape index (κ1) is 12.9. The molecule has 0 amide bonds. The number of hydrogen-bond donors (Lipinski definition) is 1. The van der Waals surface area contributed by atoms with E-state index in [2.05, 4.69) is 21.1 Å². The summed E-state index contributed by atoms with van der Waals surface area (Å²) >= 11 is 3.33. The molecule has 0 aliphatic rings. The van der Waals surface area contributed by atoms with Crippen molar-refractivity contribution in [3.05, 3.63) is 58.8 Å². The normalized spacial score (nSPS) is 10.7. The van der Waals surface area contributed by atoms with Gasteiger partial charge < -0.3 is 10.3 Å². The summed E-state index contributed by atoms with van der Waals surface area (Å²) in [6, 6.07) is 14.1. The third-order valence-electron chi connectivity index (χ3n) is 2.97. The van der Waals surface area contributed by atoms with Crippen LogP contribution >= 0.6 is 15.9 Å². The molecule has 0 saturated heterocycles. The van der Waals surface area contributed by atoms with Gasteiger partial charge in [-0.15, -0.1) is 0 Å². The summed E-state index contributed by atoms with van der Waals surface area (Å²) in [6.07, 6.45) is 0. The number of nitrogens with zero attached hydrogens (tertiary/aromatic N) is 1. The van der Waals surface area contributed by atoms with Crippen LogP contribution in [0.15, 0.2) is 57.5 Å². The highest BCUT2D eigenvalue weighted by atomic mass is 79.9. The summed E-state index contributed by atoms with van der Waals surface area (Å²) in [7, 11) is 0. The number of anilines is 1. The zero-order valence-electron chi connectivity index (χ0n) is 10.3. The SMILES string of the molecule is Nc1noc(-c2c(F)cccc2Br)c1-c1ccccc1. The Labute approximate surface area is 123 Å². The van der Waals surface area contributed by atoms with Gasteiger partial charge in [-0.1, -0.05) is 41.6 Å². The van der Waals surface area contributed by atoms with Crippen LogP contribution in [0.5, 0.6) is 0 Å². The van der Waals surface area contributed by atoms with Gasteiger partial charge in [0.15, 0.2) is 11.6 Å². The standard InChI is InChI=1S/C15H10BrFN2O/c16-10-7-4-8-11(17)13(10)14-12(15(18)19-20-14)9-5-2-1-3-6-9/h1-8H,(H2,18,19). The maximum atomic E-state index is 14.1. The number of aromatic nitrogens is 1. The monoisotopic (exact) mass is 332 g/mol. The van der Waals surface area contributed by atoms with Crippen LogP contribution in [0.25, 0.3) is 22.5 Å². The predicted octanol–water partition coefficient (Wildman–Crippen LogP) is 4.49. The molecule has 0 aliphatic heterocycles. The highest BCUT2D eigenvalue weighted by molar-refractivity contribution is 9.10. The molecule has 0 atom stereocenters. The molecule has 20 heavy (non-hydrogen) atoms. The van der Waals surface area contributed by atoms with E-state index in [4.69, 9.17) is 10.3 Å². The minimum atomic E-state index is -0.396. The van der Waals surface area contributed by atoms with Gasteiger partial charge in [0.2, 0.25) is 0 Å². The van der Waals surface area contributed by atoms with E-state index in [-0.39, 0.29) is 5.82 Å². The van der Waals surface area contributed by atoms with Gasteiger partial charge in [0.25, 0.3) is 0 Å². The fraction of sp³-hybridized carbons (Fsp3) is 0. The van der Waals surface area contributed by atoms with Crippen molar-refractivity contribution in [3.8, 4) is 22.5 Å². The Morgan fingerprint density at radius 1 is 1.00 bits per heavy atom. The number of hydrogen-bond acceptors (Lipinski definition) is 3. The molecule has 0 spiro atoms. The van der Waals surface area contributed by atoms with Gasteiger partial charge in [0, 0.05) is 4.47 Å². The Bertz CT molecular complexity index is 736. The minimum Gasteiger partial charge on any atom is -0.380 e. The van der Waals surface area contributed by atoms with Gasteiger partial charge >= 0.3 is 0 Å². The Morgan fingerprint density at radius 3 is 2.45 bits per heavy atom. The minimum absolute atomic E-state index is 0.237. The largest absolute Gasteiger partial charge is 0.380 e. The van der Waals surface area contributed by atoms with Crippen molar-refractivity contribution < 1.29 is 8.91 Å². The van der Waals surface area contributed by atoms with E-state index in [0.717, 1.165) is 5.56 Å². The van der Waals surface area contributed by atoms with Crippen LogP contribution < -0.4 is 5.73 Å². The van der Waals surface area contributed by atoms with Crippen LogP contribution in [0.4, 0.5) is 10.2 Å². The molecule has 3 rings (SSSR count). The molecule has 0 fully saturated rings. The van der Waals surface area contributed by atoms with Gasteiger partial charge in [-0.25, -0.2) is 4.39 Å². The summed E-state index contributed by atoms with van der Waals surface area (Å²) in [5.41, 5.74) is 7.61.